The Balaban J connectivity index is 1.55. The lowest BCUT2D eigenvalue weighted by Crippen LogP contribution is -2.38. The molecule has 31 heavy (non-hydrogen) atoms. The highest BCUT2D eigenvalue weighted by Crippen LogP contribution is 2.18. The first kappa shape index (κ1) is 21.7. The largest absolute Gasteiger partial charge is 0.348 e. The van der Waals surface area contributed by atoms with Crippen molar-refractivity contribution in [1.29, 1.82) is 0 Å². The number of halogens is 1. The fourth-order valence-electron chi connectivity index (χ4n) is 2.96. The molecule has 0 spiro atoms. The van der Waals surface area contributed by atoms with Crippen LogP contribution in [0.25, 0.3) is 0 Å². The first-order valence-electron chi connectivity index (χ1n) is 9.72. The van der Waals surface area contributed by atoms with Crippen LogP contribution in [0.5, 0.6) is 0 Å². The van der Waals surface area contributed by atoms with Crippen molar-refractivity contribution in [3.63, 3.8) is 0 Å². The molecule has 1 unspecified atom stereocenters. The zero-order valence-corrected chi connectivity index (χ0v) is 16.9. The molecule has 0 saturated carbocycles. The van der Waals surface area contributed by atoms with Crippen molar-refractivity contribution in [2.45, 2.75) is 13.0 Å². The van der Waals surface area contributed by atoms with E-state index in [4.69, 9.17) is 0 Å². The average molecular weight is 419 g/mol. The van der Waals surface area contributed by atoms with Gasteiger partial charge in [0.2, 0.25) is 5.91 Å². The van der Waals surface area contributed by atoms with Crippen LogP contribution in [-0.4, -0.2) is 24.3 Å². The maximum absolute atomic E-state index is 13.6. The lowest BCUT2D eigenvalue weighted by molar-refractivity contribution is -0.120. The fourth-order valence-corrected chi connectivity index (χ4v) is 2.96. The van der Waals surface area contributed by atoms with Crippen LogP contribution in [0.4, 0.5) is 10.1 Å². The Morgan fingerprint density at radius 1 is 0.871 bits per heavy atom. The summed E-state index contributed by atoms with van der Waals surface area (Å²) in [7, 11) is 0. The van der Waals surface area contributed by atoms with E-state index in [-0.39, 0.29) is 24.1 Å². The summed E-state index contributed by atoms with van der Waals surface area (Å²) in [6.45, 7) is 1.50. The predicted molar refractivity (Wildman–Crippen MR) is 116 cm³/mol. The number of carbonyl (C=O) groups is 3. The normalized spacial score (nSPS) is 11.3. The van der Waals surface area contributed by atoms with Crippen molar-refractivity contribution in [2.24, 2.45) is 0 Å². The number of hydrogen-bond acceptors (Lipinski definition) is 3. The van der Waals surface area contributed by atoms with Gasteiger partial charge in [-0.05, 0) is 48.9 Å². The Kier molecular flexibility index (Phi) is 7.11. The van der Waals surface area contributed by atoms with Gasteiger partial charge in [0.1, 0.15) is 5.82 Å². The molecule has 0 saturated heterocycles. The third-order valence-corrected chi connectivity index (χ3v) is 4.59. The van der Waals surface area contributed by atoms with Crippen LogP contribution in [-0.2, 0) is 4.79 Å². The number of rotatable bonds is 7. The van der Waals surface area contributed by atoms with Crippen molar-refractivity contribution in [3.8, 4) is 0 Å². The zero-order chi connectivity index (χ0) is 22.2. The van der Waals surface area contributed by atoms with Gasteiger partial charge in [-0.2, -0.15) is 0 Å². The Labute approximate surface area is 179 Å². The van der Waals surface area contributed by atoms with E-state index < -0.39 is 17.6 Å². The molecule has 0 aliphatic rings. The molecule has 3 aromatic carbocycles. The van der Waals surface area contributed by atoms with Gasteiger partial charge < -0.3 is 16.0 Å². The number of benzene rings is 3. The van der Waals surface area contributed by atoms with Crippen molar-refractivity contribution >= 4 is 23.4 Å². The van der Waals surface area contributed by atoms with E-state index in [2.05, 4.69) is 16.0 Å². The first-order valence-corrected chi connectivity index (χ1v) is 9.72. The summed E-state index contributed by atoms with van der Waals surface area (Å²) in [5.41, 5.74) is 1.80. The Morgan fingerprint density at radius 3 is 2.32 bits per heavy atom. The standard InChI is InChI=1S/C24H22FN3O3/c1-16(27-22(29)15-26-24(31)20-12-5-6-13-21(20)25)18-10-7-11-19(14-18)28-23(30)17-8-3-2-4-9-17/h2-14,16H,15H2,1H3,(H,26,31)(H,27,29)(H,28,30). The van der Waals surface area contributed by atoms with Crippen LogP contribution >= 0.6 is 0 Å². The first-order chi connectivity index (χ1) is 14.9. The van der Waals surface area contributed by atoms with E-state index in [1.54, 1.807) is 55.5 Å². The molecule has 0 radical (unpaired) electrons. The van der Waals surface area contributed by atoms with Gasteiger partial charge in [-0.15, -0.1) is 0 Å². The van der Waals surface area contributed by atoms with Crippen molar-refractivity contribution < 1.29 is 18.8 Å². The average Bonchev–Trinajstić information content (AvgIpc) is 2.78. The molecule has 1 atom stereocenters. The van der Waals surface area contributed by atoms with Gasteiger partial charge >= 0.3 is 0 Å². The van der Waals surface area contributed by atoms with Gasteiger partial charge in [-0.3, -0.25) is 14.4 Å². The van der Waals surface area contributed by atoms with Crippen molar-refractivity contribution in [1.82, 2.24) is 10.6 Å². The minimum absolute atomic E-state index is 0.120. The van der Waals surface area contributed by atoms with Crippen LogP contribution in [0, 0.1) is 5.82 Å². The number of nitrogens with one attached hydrogen (secondary N) is 3. The van der Waals surface area contributed by atoms with Crippen LogP contribution in [0.2, 0.25) is 0 Å². The number of anilines is 1. The summed E-state index contributed by atoms with van der Waals surface area (Å²) >= 11 is 0. The van der Waals surface area contributed by atoms with Gasteiger partial charge in [0.15, 0.2) is 0 Å². The fraction of sp³-hybridized carbons (Fsp3) is 0.125. The molecule has 0 bridgehead atoms. The predicted octanol–water partition coefficient (Wildman–Crippen LogP) is 3.69. The monoisotopic (exact) mass is 419 g/mol. The summed E-state index contributed by atoms with van der Waals surface area (Å²) in [4.78, 5) is 36.5. The molecule has 7 heteroatoms. The van der Waals surface area contributed by atoms with Gasteiger partial charge in [-0.25, -0.2) is 4.39 Å². The topological polar surface area (TPSA) is 87.3 Å². The van der Waals surface area contributed by atoms with Crippen molar-refractivity contribution in [3.05, 3.63) is 101 Å². The number of carbonyl (C=O) groups excluding carboxylic acids is 3. The van der Waals surface area contributed by atoms with E-state index in [0.29, 0.717) is 11.3 Å². The molecular formula is C24H22FN3O3. The van der Waals surface area contributed by atoms with Crippen LogP contribution in [0.3, 0.4) is 0 Å². The summed E-state index contributed by atoms with van der Waals surface area (Å²) < 4.78 is 13.6. The van der Waals surface area contributed by atoms with E-state index >= 15 is 0 Å². The van der Waals surface area contributed by atoms with Gasteiger partial charge in [0.05, 0.1) is 18.2 Å². The summed E-state index contributed by atoms with van der Waals surface area (Å²) in [6, 6.07) is 21.2. The Hall–Kier alpha value is -4.00. The van der Waals surface area contributed by atoms with E-state index in [9.17, 15) is 18.8 Å². The maximum atomic E-state index is 13.6. The van der Waals surface area contributed by atoms with E-state index in [1.807, 2.05) is 12.1 Å². The highest BCUT2D eigenvalue weighted by Gasteiger charge is 2.14. The second-order valence-electron chi connectivity index (χ2n) is 6.90. The Bertz CT molecular complexity index is 1090. The van der Waals surface area contributed by atoms with Crippen LogP contribution < -0.4 is 16.0 Å². The van der Waals surface area contributed by atoms with Gasteiger partial charge in [-0.1, -0.05) is 42.5 Å². The van der Waals surface area contributed by atoms with E-state index in [0.717, 1.165) is 5.56 Å². The van der Waals surface area contributed by atoms with Crippen LogP contribution in [0.1, 0.15) is 39.2 Å². The number of hydrogen-bond donors (Lipinski definition) is 3. The summed E-state index contributed by atoms with van der Waals surface area (Å²) in [5.74, 6) is -1.96. The molecule has 3 amide bonds. The smallest absolute Gasteiger partial charge is 0.255 e. The molecular weight excluding hydrogens is 397 g/mol. The summed E-state index contributed by atoms with van der Waals surface area (Å²) in [6.07, 6.45) is 0. The SMILES string of the molecule is CC(NC(=O)CNC(=O)c1ccccc1F)c1cccc(NC(=O)c2ccccc2)c1. The molecule has 0 heterocycles. The summed E-state index contributed by atoms with van der Waals surface area (Å²) in [5, 5.41) is 8.00. The zero-order valence-electron chi connectivity index (χ0n) is 16.9. The second-order valence-corrected chi connectivity index (χ2v) is 6.90. The molecule has 158 valence electrons. The maximum Gasteiger partial charge on any atom is 0.255 e. The molecule has 0 aliphatic heterocycles. The molecule has 0 aromatic heterocycles. The lowest BCUT2D eigenvalue weighted by atomic mass is 10.1. The molecule has 3 aromatic rings. The highest BCUT2D eigenvalue weighted by atomic mass is 19.1. The molecule has 0 fully saturated rings. The highest BCUT2D eigenvalue weighted by molar-refractivity contribution is 6.04. The Morgan fingerprint density at radius 2 is 1.58 bits per heavy atom. The lowest BCUT2D eigenvalue weighted by Gasteiger charge is -2.16. The molecule has 3 rings (SSSR count). The minimum Gasteiger partial charge on any atom is -0.348 e. The minimum atomic E-state index is -0.661. The third-order valence-electron chi connectivity index (χ3n) is 4.59. The van der Waals surface area contributed by atoms with Gasteiger partial charge in [0, 0.05) is 11.3 Å². The third kappa shape index (κ3) is 5.99. The molecule has 0 aliphatic carbocycles. The molecule has 6 nitrogen and oxygen atoms in total. The number of amides is 3. The van der Waals surface area contributed by atoms with Crippen LogP contribution in [0.15, 0.2) is 78.9 Å². The quantitative estimate of drug-likeness (QED) is 0.546. The van der Waals surface area contributed by atoms with Crippen molar-refractivity contribution in [2.75, 3.05) is 11.9 Å². The van der Waals surface area contributed by atoms with E-state index in [1.165, 1.54) is 18.2 Å². The second kappa shape index (κ2) is 10.2. The molecule has 3 N–H and O–H groups in total. The van der Waals surface area contributed by atoms with Gasteiger partial charge in [0.25, 0.3) is 11.8 Å².